The Morgan fingerprint density at radius 3 is 2.82 bits per heavy atom. The van der Waals surface area contributed by atoms with E-state index in [-0.39, 0.29) is 17.5 Å². The lowest BCUT2D eigenvalue weighted by Gasteiger charge is -2.49. The van der Waals surface area contributed by atoms with E-state index in [0.717, 1.165) is 19.4 Å². The molecule has 5 nitrogen and oxygen atoms in total. The summed E-state index contributed by atoms with van der Waals surface area (Å²) in [6.07, 6.45) is 5.77. The van der Waals surface area contributed by atoms with Gasteiger partial charge in [0.05, 0.1) is 11.6 Å². The van der Waals surface area contributed by atoms with Gasteiger partial charge in [-0.2, -0.15) is 0 Å². The van der Waals surface area contributed by atoms with Crippen molar-refractivity contribution in [1.29, 1.82) is 0 Å². The van der Waals surface area contributed by atoms with Gasteiger partial charge in [-0.3, -0.25) is 4.90 Å². The maximum atomic E-state index is 8.72. The number of nitrogens with zero attached hydrogens (tertiary/aromatic N) is 2. The van der Waals surface area contributed by atoms with E-state index in [9.17, 15) is 0 Å². The first-order valence-electron chi connectivity index (χ1n) is 6.41. The average molecular weight is 241 g/mol. The van der Waals surface area contributed by atoms with Gasteiger partial charge in [-0.05, 0) is 46.1 Å². The Labute approximate surface area is 103 Å². The highest BCUT2D eigenvalue weighted by molar-refractivity contribution is 5.84. The van der Waals surface area contributed by atoms with Crippen LogP contribution in [0, 0.1) is 0 Å². The van der Waals surface area contributed by atoms with Gasteiger partial charge in [-0.25, -0.2) is 0 Å². The fraction of sp³-hybridized carbons (Fsp3) is 0.917. The number of amidine groups is 1. The normalized spacial score (nSPS) is 30.3. The lowest BCUT2D eigenvalue weighted by molar-refractivity contribution is -0.147. The summed E-state index contributed by atoms with van der Waals surface area (Å²) in [5, 5.41) is 11.8. The molecular formula is C12H23N3O2. The first kappa shape index (κ1) is 12.6. The van der Waals surface area contributed by atoms with Gasteiger partial charge in [0.25, 0.3) is 0 Å². The molecule has 1 aliphatic carbocycles. The third kappa shape index (κ3) is 2.40. The molecule has 5 heteroatoms. The van der Waals surface area contributed by atoms with Crippen LogP contribution >= 0.6 is 0 Å². The van der Waals surface area contributed by atoms with Crippen LogP contribution in [0.5, 0.6) is 0 Å². The fourth-order valence-electron chi connectivity index (χ4n) is 2.88. The van der Waals surface area contributed by atoms with Crippen LogP contribution in [0.3, 0.4) is 0 Å². The molecular weight excluding hydrogens is 218 g/mol. The largest absolute Gasteiger partial charge is 0.409 e. The summed E-state index contributed by atoms with van der Waals surface area (Å²) in [6.45, 7) is 2.80. The molecule has 2 aliphatic rings. The Morgan fingerprint density at radius 1 is 1.59 bits per heavy atom. The number of hydrogen-bond donors (Lipinski definition) is 2. The van der Waals surface area contributed by atoms with Gasteiger partial charge in [0.1, 0.15) is 0 Å². The number of nitrogens with two attached hydrogens (primary N) is 1. The Bertz CT molecular complexity index is 302. The van der Waals surface area contributed by atoms with E-state index in [1.165, 1.54) is 19.3 Å². The third-order valence-corrected chi connectivity index (χ3v) is 4.46. The minimum Gasteiger partial charge on any atom is -0.409 e. The zero-order chi connectivity index (χ0) is 12.5. The van der Waals surface area contributed by atoms with Gasteiger partial charge >= 0.3 is 0 Å². The van der Waals surface area contributed by atoms with Crippen LogP contribution in [0.1, 0.15) is 39.0 Å². The van der Waals surface area contributed by atoms with E-state index >= 15 is 0 Å². The second kappa shape index (κ2) is 4.82. The predicted octanol–water partition coefficient (Wildman–Crippen LogP) is 1.15. The molecule has 1 saturated carbocycles. The highest BCUT2D eigenvalue weighted by Crippen LogP contribution is 2.43. The number of ether oxygens (including phenoxy) is 1. The molecule has 2 rings (SSSR count). The number of likely N-dealkylation sites (N-methyl/N-ethyl adjacent to an activating group) is 1. The second-order valence-electron chi connectivity index (χ2n) is 5.40. The summed E-state index contributed by atoms with van der Waals surface area (Å²) in [4.78, 5) is 2.21. The molecule has 0 aromatic rings. The van der Waals surface area contributed by atoms with Crippen molar-refractivity contribution in [2.45, 2.75) is 56.7 Å². The van der Waals surface area contributed by atoms with Crippen LogP contribution in [-0.4, -0.2) is 47.3 Å². The molecule has 1 spiro atoms. The number of rotatable bonds is 3. The van der Waals surface area contributed by atoms with Gasteiger partial charge in [0.2, 0.25) is 0 Å². The molecule has 1 aliphatic heterocycles. The molecule has 2 atom stereocenters. The van der Waals surface area contributed by atoms with Crippen LogP contribution in [0.15, 0.2) is 5.16 Å². The quantitative estimate of drug-likeness (QED) is 0.336. The molecule has 0 aromatic carbocycles. The van der Waals surface area contributed by atoms with Crippen molar-refractivity contribution in [1.82, 2.24) is 4.90 Å². The Kier molecular flexibility index (Phi) is 3.58. The van der Waals surface area contributed by atoms with Crippen molar-refractivity contribution >= 4 is 5.84 Å². The first-order valence-corrected chi connectivity index (χ1v) is 6.41. The summed E-state index contributed by atoms with van der Waals surface area (Å²) in [7, 11) is 2.05. The van der Waals surface area contributed by atoms with Gasteiger partial charge in [-0.1, -0.05) is 5.16 Å². The van der Waals surface area contributed by atoms with Crippen molar-refractivity contribution in [3.05, 3.63) is 0 Å². The van der Waals surface area contributed by atoms with E-state index in [0.29, 0.717) is 6.04 Å². The molecule has 2 fully saturated rings. The third-order valence-electron chi connectivity index (χ3n) is 4.46. The number of oxime groups is 1. The lowest BCUT2D eigenvalue weighted by atomic mass is 9.73. The van der Waals surface area contributed by atoms with Crippen molar-refractivity contribution < 1.29 is 9.94 Å². The van der Waals surface area contributed by atoms with E-state index in [4.69, 9.17) is 15.7 Å². The fourth-order valence-corrected chi connectivity index (χ4v) is 2.88. The van der Waals surface area contributed by atoms with Crippen LogP contribution in [-0.2, 0) is 4.74 Å². The zero-order valence-corrected chi connectivity index (χ0v) is 10.7. The van der Waals surface area contributed by atoms with Gasteiger partial charge in [-0.15, -0.1) is 0 Å². The first-order chi connectivity index (χ1) is 8.08. The molecule has 98 valence electrons. The molecule has 1 heterocycles. The highest BCUT2D eigenvalue weighted by Gasteiger charge is 2.44. The van der Waals surface area contributed by atoms with Gasteiger partial charge in [0.15, 0.2) is 5.84 Å². The minimum atomic E-state index is -0.0276. The van der Waals surface area contributed by atoms with E-state index in [2.05, 4.69) is 10.1 Å². The monoisotopic (exact) mass is 241 g/mol. The Hall–Kier alpha value is -0.810. The summed E-state index contributed by atoms with van der Waals surface area (Å²) < 4.78 is 5.91. The topological polar surface area (TPSA) is 71.1 Å². The minimum absolute atomic E-state index is 0.0276. The van der Waals surface area contributed by atoms with Crippen LogP contribution < -0.4 is 5.73 Å². The summed E-state index contributed by atoms with van der Waals surface area (Å²) in [5.41, 5.74) is 5.81. The second-order valence-corrected chi connectivity index (χ2v) is 5.40. The van der Waals surface area contributed by atoms with E-state index in [1.54, 1.807) is 0 Å². The maximum absolute atomic E-state index is 8.72. The zero-order valence-electron chi connectivity index (χ0n) is 10.7. The summed E-state index contributed by atoms with van der Waals surface area (Å²) in [6, 6.07) is 0.444. The average Bonchev–Trinajstić information content (AvgIpc) is 2.34. The van der Waals surface area contributed by atoms with E-state index < -0.39 is 0 Å². The smallest absolute Gasteiger partial charge is 0.156 e. The highest BCUT2D eigenvalue weighted by atomic mass is 16.5. The summed E-state index contributed by atoms with van der Waals surface area (Å²) in [5.74, 6) is 0.279. The van der Waals surface area contributed by atoms with Gasteiger partial charge < -0.3 is 15.7 Å². The van der Waals surface area contributed by atoms with Crippen molar-refractivity contribution in [2.24, 2.45) is 10.9 Å². The maximum Gasteiger partial charge on any atom is 0.156 e. The molecule has 0 radical (unpaired) electrons. The molecule has 1 saturated heterocycles. The van der Waals surface area contributed by atoms with Crippen molar-refractivity contribution in [2.75, 3.05) is 13.7 Å². The van der Waals surface area contributed by atoms with E-state index in [1.807, 2.05) is 14.0 Å². The SMILES string of the molecule is CC(C(N)=NO)N(C)C1CCOC2(CCC2)C1. The predicted molar refractivity (Wildman–Crippen MR) is 66.2 cm³/mol. The van der Waals surface area contributed by atoms with Crippen LogP contribution in [0.2, 0.25) is 0 Å². The molecule has 0 aromatic heterocycles. The van der Waals surface area contributed by atoms with Crippen molar-refractivity contribution in [3.8, 4) is 0 Å². The molecule has 2 unspecified atom stereocenters. The number of hydrogen-bond acceptors (Lipinski definition) is 4. The van der Waals surface area contributed by atoms with Gasteiger partial charge in [0, 0.05) is 12.6 Å². The standard InChI is InChI=1S/C12H23N3O2/c1-9(11(13)14-16)15(2)10-4-7-17-12(8-10)5-3-6-12/h9-10,16H,3-8H2,1-2H3,(H2,13,14). The molecule has 0 amide bonds. The molecule has 0 bridgehead atoms. The van der Waals surface area contributed by atoms with Crippen molar-refractivity contribution in [3.63, 3.8) is 0 Å². The molecule has 17 heavy (non-hydrogen) atoms. The Balaban J connectivity index is 1.97. The lowest BCUT2D eigenvalue weighted by Crippen LogP contribution is -2.54. The summed E-state index contributed by atoms with van der Waals surface area (Å²) >= 11 is 0. The Morgan fingerprint density at radius 2 is 2.29 bits per heavy atom. The van der Waals surface area contributed by atoms with Crippen LogP contribution in [0.4, 0.5) is 0 Å². The van der Waals surface area contributed by atoms with Crippen LogP contribution in [0.25, 0.3) is 0 Å². The molecule has 3 N–H and O–H groups in total.